The number of nitrogens with one attached hydrogen (secondary N) is 2. The minimum Gasteiger partial charge on any atom is -0.348 e. The molecule has 0 aliphatic heterocycles. The summed E-state index contributed by atoms with van der Waals surface area (Å²) in [4.78, 5) is 13.2. The van der Waals surface area contributed by atoms with E-state index < -0.39 is 22.0 Å². The molecule has 1 heterocycles. The number of amides is 1. The van der Waals surface area contributed by atoms with Gasteiger partial charge in [-0.15, -0.1) is 0 Å². The molecule has 0 unspecified atom stereocenters. The van der Waals surface area contributed by atoms with Crippen LogP contribution in [0.1, 0.15) is 24.1 Å². The van der Waals surface area contributed by atoms with Crippen LogP contribution in [0, 0.1) is 0 Å². The standard InChI is InChI=1S/C23H22N4O3S2/c1-16(18-11-6-3-7-12-18)24-23(28)20(15-17-9-4-2-5-10-17)27-32(29,30)21-14-8-13-19-22(21)26-31-25-19/h2-14,16,20,27H,15H2,1H3,(H,24,28)/t16-,20-/m0/s1. The Balaban J connectivity index is 1.61. The molecule has 164 valence electrons. The zero-order valence-electron chi connectivity index (χ0n) is 17.3. The van der Waals surface area contributed by atoms with Crippen LogP contribution in [-0.2, 0) is 21.2 Å². The summed E-state index contributed by atoms with van der Waals surface area (Å²) in [7, 11) is -4.03. The first kappa shape index (κ1) is 22.1. The lowest BCUT2D eigenvalue weighted by Crippen LogP contribution is -2.48. The second-order valence-electron chi connectivity index (χ2n) is 7.39. The van der Waals surface area contributed by atoms with E-state index in [1.807, 2.05) is 67.6 Å². The number of benzene rings is 3. The second kappa shape index (κ2) is 9.56. The van der Waals surface area contributed by atoms with Crippen molar-refractivity contribution >= 4 is 38.7 Å². The lowest BCUT2D eigenvalue weighted by Gasteiger charge is -2.22. The Morgan fingerprint density at radius 1 is 0.938 bits per heavy atom. The molecule has 0 radical (unpaired) electrons. The van der Waals surface area contributed by atoms with E-state index >= 15 is 0 Å². The van der Waals surface area contributed by atoms with Crippen LogP contribution < -0.4 is 10.0 Å². The molecule has 2 N–H and O–H groups in total. The Kier molecular flexibility index (Phi) is 6.59. The van der Waals surface area contributed by atoms with Crippen LogP contribution in [0.25, 0.3) is 11.0 Å². The molecule has 32 heavy (non-hydrogen) atoms. The van der Waals surface area contributed by atoms with Crippen LogP contribution in [-0.4, -0.2) is 29.1 Å². The molecule has 2 atom stereocenters. The normalized spacial score (nSPS) is 13.5. The number of carbonyl (C=O) groups excluding carboxylic acids is 1. The average Bonchev–Trinajstić information content (AvgIpc) is 3.28. The highest BCUT2D eigenvalue weighted by molar-refractivity contribution is 7.89. The molecule has 0 saturated heterocycles. The highest BCUT2D eigenvalue weighted by Crippen LogP contribution is 2.22. The lowest BCUT2D eigenvalue weighted by atomic mass is 10.0. The van der Waals surface area contributed by atoms with Crippen LogP contribution in [0.3, 0.4) is 0 Å². The average molecular weight is 467 g/mol. The van der Waals surface area contributed by atoms with Gasteiger partial charge in [0.2, 0.25) is 15.9 Å². The van der Waals surface area contributed by atoms with Crippen LogP contribution in [0.15, 0.2) is 83.8 Å². The molecule has 9 heteroatoms. The summed E-state index contributed by atoms with van der Waals surface area (Å²) in [5.41, 5.74) is 2.57. The second-order valence-corrected chi connectivity index (χ2v) is 9.60. The molecule has 0 aliphatic carbocycles. The SMILES string of the molecule is C[C@H](NC(=O)[C@H](Cc1ccccc1)NS(=O)(=O)c1cccc2nsnc12)c1ccccc1. The molecular formula is C23H22N4O3S2. The zero-order valence-corrected chi connectivity index (χ0v) is 18.9. The summed E-state index contributed by atoms with van der Waals surface area (Å²) in [6.45, 7) is 1.86. The third kappa shape index (κ3) is 5.01. The van der Waals surface area contributed by atoms with Gasteiger partial charge in [0.15, 0.2) is 0 Å². The van der Waals surface area contributed by atoms with Crippen molar-refractivity contribution in [2.75, 3.05) is 0 Å². The fourth-order valence-electron chi connectivity index (χ4n) is 3.43. The Morgan fingerprint density at radius 2 is 1.62 bits per heavy atom. The van der Waals surface area contributed by atoms with Crippen molar-refractivity contribution in [1.82, 2.24) is 18.8 Å². The first-order valence-corrected chi connectivity index (χ1v) is 12.3. The van der Waals surface area contributed by atoms with E-state index in [0.717, 1.165) is 22.9 Å². The van der Waals surface area contributed by atoms with Gasteiger partial charge >= 0.3 is 0 Å². The maximum Gasteiger partial charge on any atom is 0.243 e. The molecular weight excluding hydrogens is 444 g/mol. The van der Waals surface area contributed by atoms with Gasteiger partial charge in [-0.3, -0.25) is 4.79 Å². The van der Waals surface area contributed by atoms with Crippen molar-refractivity contribution in [2.45, 2.75) is 30.3 Å². The number of hydrogen-bond donors (Lipinski definition) is 2. The summed E-state index contributed by atoms with van der Waals surface area (Å²) >= 11 is 0.945. The van der Waals surface area contributed by atoms with E-state index in [-0.39, 0.29) is 17.4 Å². The van der Waals surface area contributed by atoms with Crippen LogP contribution in [0.5, 0.6) is 0 Å². The minimum atomic E-state index is -4.03. The summed E-state index contributed by atoms with van der Waals surface area (Å²) in [6, 6.07) is 22.3. The number of hydrogen-bond acceptors (Lipinski definition) is 6. The van der Waals surface area contributed by atoms with E-state index in [1.54, 1.807) is 12.1 Å². The zero-order chi connectivity index (χ0) is 22.6. The van der Waals surface area contributed by atoms with Crippen molar-refractivity contribution < 1.29 is 13.2 Å². The van der Waals surface area contributed by atoms with Gasteiger partial charge in [-0.05, 0) is 36.6 Å². The Bertz CT molecular complexity index is 1310. The minimum absolute atomic E-state index is 0.00530. The fourth-order valence-corrected chi connectivity index (χ4v) is 5.39. The van der Waals surface area contributed by atoms with E-state index in [2.05, 4.69) is 18.8 Å². The van der Waals surface area contributed by atoms with E-state index in [0.29, 0.717) is 11.0 Å². The van der Waals surface area contributed by atoms with E-state index in [4.69, 9.17) is 0 Å². The van der Waals surface area contributed by atoms with Crippen LogP contribution >= 0.6 is 11.7 Å². The molecule has 0 saturated carbocycles. The first-order chi connectivity index (χ1) is 15.4. The largest absolute Gasteiger partial charge is 0.348 e. The van der Waals surface area contributed by atoms with Gasteiger partial charge in [-0.25, -0.2) is 8.42 Å². The molecule has 0 aliphatic rings. The van der Waals surface area contributed by atoms with Crippen LogP contribution in [0.2, 0.25) is 0 Å². The summed E-state index contributed by atoms with van der Waals surface area (Å²) in [6.07, 6.45) is 0.207. The van der Waals surface area contributed by atoms with Gasteiger partial charge in [-0.2, -0.15) is 13.5 Å². The van der Waals surface area contributed by atoms with Crippen molar-refractivity contribution in [3.8, 4) is 0 Å². The highest BCUT2D eigenvalue weighted by atomic mass is 32.2. The molecule has 3 aromatic carbocycles. The third-order valence-electron chi connectivity index (χ3n) is 5.09. The van der Waals surface area contributed by atoms with E-state index in [1.165, 1.54) is 6.07 Å². The topological polar surface area (TPSA) is 101 Å². The quantitative estimate of drug-likeness (QED) is 0.414. The summed E-state index contributed by atoms with van der Waals surface area (Å²) < 4.78 is 37.3. The molecule has 1 aromatic heterocycles. The predicted molar refractivity (Wildman–Crippen MR) is 125 cm³/mol. The molecule has 1 amide bonds. The third-order valence-corrected chi connectivity index (χ3v) is 7.14. The molecule has 0 bridgehead atoms. The Hall–Kier alpha value is -3.14. The number of rotatable bonds is 8. The smallest absolute Gasteiger partial charge is 0.243 e. The van der Waals surface area contributed by atoms with Gasteiger partial charge in [0, 0.05) is 0 Å². The van der Waals surface area contributed by atoms with Crippen molar-refractivity contribution in [2.24, 2.45) is 0 Å². The van der Waals surface area contributed by atoms with Crippen molar-refractivity contribution in [1.29, 1.82) is 0 Å². The molecule has 0 fully saturated rings. The summed E-state index contributed by atoms with van der Waals surface area (Å²) in [5.74, 6) is -0.405. The number of nitrogens with zero attached hydrogens (tertiary/aromatic N) is 2. The fraction of sp³-hybridized carbons (Fsp3) is 0.174. The maximum atomic E-state index is 13.3. The Labute approximate surface area is 190 Å². The lowest BCUT2D eigenvalue weighted by molar-refractivity contribution is -0.123. The van der Waals surface area contributed by atoms with Crippen molar-refractivity contribution in [3.05, 3.63) is 90.0 Å². The predicted octanol–water partition coefficient (Wildman–Crippen LogP) is 3.46. The van der Waals surface area contributed by atoms with Gasteiger partial charge in [0.05, 0.1) is 17.8 Å². The monoisotopic (exact) mass is 466 g/mol. The van der Waals surface area contributed by atoms with Gasteiger partial charge in [0.25, 0.3) is 0 Å². The number of sulfonamides is 1. The van der Waals surface area contributed by atoms with Crippen molar-refractivity contribution in [3.63, 3.8) is 0 Å². The molecule has 0 spiro atoms. The van der Waals surface area contributed by atoms with Gasteiger partial charge < -0.3 is 5.32 Å². The number of carbonyl (C=O) groups is 1. The van der Waals surface area contributed by atoms with Gasteiger partial charge in [0.1, 0.15) is 22.0 Å². The molecule has 7 nitrogen and oxygen atoms in total. The maximum absolute atomic E-state index is 13.3. The first-order valence-electron chi connectivity index (χ1n) is 10.1. The number of aromatic nitrogens is 2. The van der Waals surface area contributed by atoms with Crippen LogP contribution in [0.4, 0.5) is 0 Å². The van der Waals surface area contributed by atoms with E-state index in [9.17, 15) is 13.2 Å². The number of fused-ring (bicyclic) bond motifs is 1. The molecule has 4 aromatic rings. The highest BCUT2D eigenvalue weighted by Gasteiger charge is 2.29. The summed E-state index contributed by atoms with van der Waals surface area (Å²) in [5, 5.41) is 2.93. The van der Waals surface area contributed by atoms with Gasteiger partial charge in [-0.1, -0.05) is 66.7 Å². The Morgan fingerprint density at radius 3 is 2.34 bits per heavy atom. The molecule has 4 rings (SSSR count).